The van der Waals surface area contributed by atoms with E-state index in [-0.39, 0.29) is 17.2 Å². The summed E-state index contributed by atoms with van der Waals surface area (Å²) in [6.07, 6.45) is 3.25. The molecule has 4 heteroatoms. The standard InChI is InChI=1S/C14H24N2O2/c1-5-8-15-12(17)16-10-9-6-7-14(4,11(10)16)18-13(9,2)3/h9-11H,5-8H2,1-4H3,(H,15,17). The van der Waals surface area contributed by atoms with Crippen LogP contribution in [0.5, 0.6) is 0 Å². The molecule has 0 radical (unpaired) electrons. The summed E-state index contributed by atoms with van der Waals surface area (Å²) in [5.74, 6) is 0.497. The fourth-order valence-corrected chi connectivity index (χ4v) is 4.21. The van der Waals surface area contributed by atoms with E-state index in [2.05, 4.69) is 33.0 Å². The molecule has 0 aromatic carbocycles. The highest BCUT2D eigenvalue weighted by Gasteiger charge is 2.72. The van der Waals surface area contributed by atoms with Gasteiger partial charge in [-0.3, -0.25) is 0 Å². The first-order valence-electron chi connectivity index (χ1n) is 7.17. The molecule has 0 spiro atoms. The second-order valence-corrected chi connectivity index (χ2v) is 6.74. The summed E-state index contributed by atoms with van der Waals surface area (Å²) < 4.78 is 6.28. The van der Waals surface area contributed by atoms with E-state index in [0.29, 0.717) is 18.0 Å². The third kappa shape index (κ3) is 1.51. The molecule has 4 rings (SSSR count). The second-order valence-electron chi connectivity index (χ2n) is 6.74. The first-order chi connectivity index (χ1) is 8.41. The lowest BCUT2D eigenvalue weighted by Gasteiger charge is -2.51. The minimum absolute atomic E-state index is 0.0893. The van der Waals surface area contributed by atoms with E-state index in [1.165, 1.54) is 6.42 Å². The Morgan fingerprint density at radius 3 is 2.78 bits per heavy atom. The van der Waals surface area contributed by atoms with Gasteiger partial charge in [-0.15, -0.1) is 0 Å². The van der Waals surface area contributed by atoms with Gasteiger partial charge in [0.05, 0.1) is 23.3 Å². The molecule has 2 amide bonds. The van der Waals surface area contributed by atoms with Gasteiger partial charge in [0, 0.05) is 12.5 Å². The minimum Gasteiger partial charge on any atom is -0.367 e. The van der Waals surface area contributed by atoms with Crippen LogP contribution in [0.2, 0.25) is 0 Å². The van der Waals surface area contributed by atoms with Gasteiger partial charge < -0.3 is 15.0 Å². The van der Waals surface area contributed by atoms with Gasteiger partial charge in [0.1, 0.15) is 0 Å². The Kier molecular flexibility index (Phi) is 2.47. The second kappa shape index (κ2) is 3.62. The number of rotatable bonds is 2. The highest BCUT2D eigenvalue weighted by molar-refractivity contribution is 5.78. The van der Waals surface area contributed by atoms with Crippen molar-refractivity contribution in [2.45, 2.75) is 70.2 Å². The molecule has 0 aromatic heterocycles. The van der Waals surface area contributed by atoms with Crippen LogP contribution in [0.25, 0.3) is 0 Å². The molecule has 4 fully saturated rings. The highest BCUT2D eigenvalue weighted by atomic mass is 16.5. The zero-order valence-corrected chi connectivity index (χ0v) is 11.8. The van der Waals surface area contributed by atoms with Gasteiger partial charge >= 0.3 is 6.03 Å². The maximum Gasteiger partial charge on any atom is 0.318 e. The van der Waals surface area contributed by atoms with Gasteiger partial charge in [0.2, 0.25) is 0 Å². The number of hydrogen-bond acceptors (Lipinski definition) is 2. The van der Waals surface area contributed by atoms with Crippen molar-refractivity contribution in [1.29, 1.82) is 0 Å². The van der Waals surface area contributed by atoms with Gasteiger partial charge in [-0.25, -0.2) is 4.79 Å². The van der Waals surface area contributed by atoms with Crippen molar-refractivity contribution in [2.75, 3.05) is 6.54 Å². The number of hydrogen-bond donors (Lipinski definition) is 1. The lowest BCUT2D eigenvalue weighted by atomic mass is 9.69. The molecule has 4 aliphatic rings. The van der Waals surface area contributed by atoms with Gasteiger partial charge in [-0.2, -0.15) is 0 Å². The van der Waals surface area contributed by atoms with Crippen LogP contribution < -0.4 is 5.32 Å². The van der Waals surface area contributed by atoms with Crippen molar-refractivity contribution >= 4 is 6.03 Å². The monoisotopic (exact) mass is 252 g/mol. The van der Waals surface area contributed by atoms with E-state index in [9.17, 15) is 4.79 Å². The smallest absolute Gasteiger partial charge is 0.318 e. The lowest BCUT2D eigenvalue weighted by Crippen LogP contribution is -2.58. The summed E-state index contributed by atoms with van der Waals surface area (Å²) in [7, 11) is 0. The Bertz CT molecular complexity index is 382. The van der Waals surface area contributed by atoms with Gasteiger partial charge in [-0.05, 0) is 40.0 Å². The summed E-state index contributed by atoms with van der Waals surface area (Å²) in [5.41, 5.74) is -0.222. The van der Waals surface area contributed by atoms with Crippen LogP contribution in [0.15, 0.2) is 0 Å². The number of nitrogens with one attached hydrogen (secondary N) is 1. The molecule has 18 heavy (non-hydrogen) atoms. The predicted molar refractivity (Wildman–Crippen MR) is 69.4 cm³/mol. The van der Waals surface area contributed by atoms with Crippen LogP contribution in [0.3, 0.4) is 0 Å². The first-order valence-corrected chi connectivity index (χ1v) is 7.17. The first kappa shape index (κ1) is 12.3. The number of nitrogens with zero attached hydrogens (tertiary/aromatic N) is 1. The normalized spacial score (nSPS) is 43.6. The molecule has 3 heterocycles. The topological polar surface area (TPSA) is 41.3 Å². The van der Waals surface area contributed by atoms with Crippen LogP contribution in [-0.2, 0) is 4.74 Å². The maximum atomic E-state index is 12.2. The SMILES string of the molecule is CCCNC(=O)N1C2C3CCC(C)(OC3(C)C)C21. The number of amides is 2. The van der Waals surface area contributed by atoms with E-state index in [4.69, 9.17) is 4.74 Å². The Labute approximate surface area is 109 Å². The van der Waals surface area contributed by atoms with Crippen molar-refractivity contribution in [3.8, 4) is 0 Å². The molecule has 1 aliphatic carbocycles. The quantitative estimate of drug-likeness (QED) is 0.765. The van der Waals surface area contributed by atoms with E-state index >= 15 is 0 Å². The molecular weight excluding hydrogens is 228 g/mol. The number of ether oxygens (including phenoxy) is 1. The highest BCUT2D eigenvalue weighted by Crippen LogP contribution is 2.60. The Morgan fingerprint density at radius 1 is 1.44 bits per heavy atom. The zero-order valence-electron chi connectivity index (χ0n) is 11.8. The van der Waals surface area contributed by atoms with Crippen molar-refractivity contribution < 1.29 is 9.53 Å². The predicted octanol–water partition coefficient (Wildman–Crippen LogP) is 2.14. The molecular formula is C14H24N2O2. The summed E-state index contributed by atoms with van der Waals surface area (Å²) >= 11 is 0. The molecule has 4 atom stereocenters. The molecule has 4 unspecified atom stereocenters. The molecule has 1 saturated carbocycles. The maximum absolute atomic E-state index is 12.2. The van der Waals surface area contributed by atoms with Crippen LogP contribution in [0.1, 0.15) is 47.0 Å². The number of likely N-dealkylation sites (tertiary alicyclic amines) is 1. The zero-order chi connectivity index (χ0) is 13.1. The Balaban J connectivity index is 1.78. The van der Waals surface area contributed by atoms with E-state index in [1.807, 2.05) is 4.90 Å². The van der Waals surface area contributed by atoms with Gasteiger partial charge in [0.25, 0.3) is 0 Å². The van der Waals surface area contributed by atoms with E-state index in [0.717, 1.165) is 19.4 Å². The summed E-state index contributed by atoms with van der Waals surface area (Å²) in [6.45, 7) is 9.36. The van der Waals surface area contributed by atoms with E-state index in [1.54, 1.807) is 0 Å². The van der Waals surface area contributed by atoms with Gasteiger partial charge in [0.15, 0.2) is 0 Å². The Hall–Kier alpha value is -0.770. The number of carbonyl (C=O) groups is 1. The van der Waals surface area contributed by atoms with Crippen molar-refractivity contribution in [2.24, 2.45) is 5.92 Å². The third-order valence-electron chi connectivity index (χ3n) is 4.99. The molecule has 4 nitrogen and oxygen atoms in total. The fourth-order valence-electron chi connectivity index (χ4n) is 4.21. The van der Waals surface area contributed by atoms with Gasteiger partial charge in [-0.1, -0.05) is 6.92 Å². The third-order valence-corrected chi connectivity index (χ3v) is 4.99. The van der Waals surface area contributed by atoms with Crippen LogP contribution in [0.4, 0.5) is 4.79 Å². The van der Waals surface area contributed by atoms with Crippen LogP contribution >= 0.6 is 0 Å². The summed E-state index contributed by atoms with van der Waals surface area (Å²) in [6, 6.07) is 0.816. The number of carbonyl (C=O) groups excluding carboxylic acids is 1. The summed E-state index contributed by atoms with van der Waals surface area (Å²) in [5, 5.41) is 3.00. The van der Waals surface area contributed by atoms with Crippen molar-refractivity contribution in [3.05, 3.63) is 0 Å². The van der Waals surface area contributed by atoms with Crippen molar-refractivity contribution in [3.63, 3.8) is 0 Å². The minimum atomic E-state index is -0.132. The lowest BCUT2D eigenvalue weighted by molar-refractivity contribution is -0.214. The largest absolute Gasteiger partial charge is 0.367 e. The van der Waals surface area contributed by atoms with Crippen LogP contribution in [0, 0.1) is 5.92 Å². The Morgan fingerprint density at radius 2 is 2.17 bits per heavy atom. The van der Waals surface area contributed by atoms with Crippen molar-refractivity contribution in [1.82, 2.24) is 10.2 Å². The van der Waals surface area contributed by atoms with Crippen LogP contribution in [-0.4, -0.2) is 40.8 Å². The molecule has 1 N–H and O–H groups in total. The summed E-state index contributed by atoms with van der Waals surface area (Å²) in [4.78, 5) is 14.2. The fraction of sp³-hybridized carbons (Fsp3) is 0.929. The van der Waals surface area contributed by atoms with E-state index < -0.39 is 0 Å². The average Bonchev–Trinajstić information content (AvgIpc) is 3.01. The molecule has 3 saturated heterocycles. The molecule has 2 bridgehead atoms. The molecule has 102 valence electrons. The number of urea groups is 1. The number of fused-ring (bicyclic) bond motifs is 2. The molecule has 3 aliphatic heterocycles. The molecule has 0 aromatic rings. The average molecular weight is 252 g/mol.